The first-order valence-corrected chi connectivity index (χ1v) is 11.1. The van der Waals surface area contributed by atoms with Crippen LogP contribution in [0.25, 0.3) is 11.5 Å². The number of benzene rings is 2. The van der Waals surface area contributed by atoms with E-state index in [0.29, 0.717) is 24.6 Å². The Balaban J connectivity index is 1.18. The molecule has 0 saturated carbocycles. The fourth-order valence-electron chi connectivity index (χ4n) is 5.09. The monoisotopic (exact) mass is 432 g/mol. The Bertz CT molecular complexity index is 1090. The average molecular weight is 433 g/mol. The first kappa shape index (κ1) is 20.7. The third kappa shape index (κ3) is 3.88. The molecule has 5 rings (SSSR count). The number of aromatic nitrogens is 2. The standard InChI is InChI=1S/C25H28N4O3/c1-28-15-25(14-20(28)24-27-26-23(32-24)19-9-4-3-5-10-19)16-29(17-25)22(30)13-12-18-8-6-7-11-21(18)31-2/h3-11,20H,12-17H2,1-2H3. The van der Waals surface area contributed by atoms with E-state index in [-0.39, 0.29) is 17.4 Å². The number of methoxy groups -OCH3 is 1. The Morgan fingerprint density at radius 3 is 2.62 bits per heavy atom. The predicted octanol–water partition coefficient (Wildman–Crippen LogP) is 3.58. The summed E-state index contributed by atoms with van der Waals surface area (Å²) in [6.45, 7) is 2.51. The van der Waals surface area contributed by atoms with Crippen molar-refractivity contribution >= 4 is 5.91 Å². The van der Waals surface area contributed by atoms with Crippen molar-refractivity contribution in [1.82, 2.24) is 20.0 Å². The van der Waals surface area contributed by atoms with Gasteiger partial charge in [0, 0.05) is 37.0 Å². The fraction of sp³-hybridized carbons (Fsp3) is 0.400. The van der Waals surface area contributed by atoms with E-state index in [2.05, 4.69) is 22.1 Å². The number of likely N-dealkylation sites (tertiary alicyclic amines) is 2. The van der Waals surface area contributed by atoms with Crippen LogP contribution >= 0.6 is 0 Å². The van der Waals surface area contributed by atoms with Gasteiger partial charge in [-0.1, -0.05) is 36.4 Å². The number of amides is 1. The molecule has 0 N–H and O–H groups in total. The normalized spacial score (nSPS) is 19.8. The highest BCUT2D eigenvalue weighted by atomic mass is 16.5. The summed E-state index contributed by atoms with van der Waals surface area (Å²) in [5.41, 5.74) is 2.11. The minimum atomic E-state index is 0.0887. The van der Waals surface area contributed by atoms with Gasteiger partial charge in [-0.15, -0.1) is 10.2 Å². The highest BCUT2D eigenvalue weighted by Gasteiger charge is 2.53. The van der Waals surface area contributed by atoms with Gasteiger partial charge in [0.1, 0.15) is 5.75 Å². The summed E-state index contributed by atoms with van der Waals surface area (Å²) in [4.78, 5) is 17.0. The fourth-order valence-corrected chi connectivity index (χ4v) is 5.09. The zero-order valence-corrected chi connectivity index (χ0v) is 18.5. The lowest BCUT2D eigenvalue weighted by Gasteiger charge is -2.48. The molecule has 1 atom stereocenters. The maximum absolute atomic E-state index is 12.8. The van der Waals surface area contributed by atoms with E-state index in [9.17, 15) is 4.79 Å². The van der Waals surface area contributed by atoms with E-state index in [1.165, 1.54) is 0 Å². The van der Waals surface area contributed by atoms with E-state index in [1.807, 2.05) is 59.5 Å². The van der Waals surface area contributed by atoms with Crippen LogP contribution in [0.1, 0.15) is 30.3 Å². The van der Waals surface area contributed by atoms with Crippen molar-refractivity contribution in [2.45, 2.75) is 25.3 Å². The quantitative estimate of drug-likeness (QED) is 0.593. The highest BCUT2D eigenvalue weighted by Crippen LogP contribution is 2.47. The largest absolute Gasteiger partial charge is 0.496 e. The molecule has 1 spiro atoms. The summed E-state index contributed by atoms with van der Waals surface area (Å²) < 4.78 is 11.4. The molecule has 2 aromatic carbocycles. The summed E-state index contributed by atoms with van der Waals surface area (Å²) in [6, 6.07) is 17.8. The van der Waals surface area contributed by atoms with Gasteiger partial charge in [-0.3, -0.25) is 9.69 Å². The molecule has 32 heavy (non-hydrogen) atoms. The van der Waals surface area contributed by atoms with Gasteiger partial charge >= 0.3 is 0 Å². The van der Waals surface area contributed by atoms with Gasteiger partial charge in [-0.2, -0.15) is 0 Å². The lowest BCUT2D eigenvalue weighted by molar-refractivity contribution is -0.142. The predicted molar refractivity (Wildman–Crippen MR) is 120 cm³/mol. The molecule has 7 nitrogen and oxygen atoms in total. The Morgan fingerprint density at radius 1 is 1.09 bits per heavy atom. The Hall–Kier alpha value is -3.19. The second-order valence-electron chi connectivity index (χ2n) is 9.01. The molecule has 1 unspecified atom stereocenters. The van der Waals surface area contributed by atoms with E-state index in [1.54, 1.807) is 7.11 Å². The average Bonchev–Trinajstić information content (AvgIpc) is 3.42. The second kappa shape index (κ2) is 8.39. The molecule has 2 aliphatic heterocycles. The van der Waals surface area contributed by atoms with Crippen LogP contribution in [0.15, 0.2) is 59.0 Å². The number of nitrogens with zero attached hydrogens (tertiary/aromatic N) is 4. The Morgan fingerprint density at radius 2 is 1.84 bits per heavy atom. The second-order valence-corrected chi connectivity index (χ2v) is 9.01. The number of hydrogen-bond acceptors (Lipinski definition) is 6. The molecule has 0 bridgehead atoms. The Kier molecular flexibility index (Phi) is 5.43. The van der Waals surface area contributed by atoms with Crippen LogP contribution in [-0.4, -0.2) is 59.7 Å². The molecule has 2 saturated heterocycles. The van der Waals surface area contributed by atoms with Crippen LogP contribution in [0.5, 0.6) is 5.75 Å². The molecule has 2 aliphatic rings. The van der Waals surface area contributed by atoms with Gasteiger partial charge in [-0.05, 0) is 43.7 Å². The summed E-state index contributed by atoms with van der Waals surface area (Å²) >= 11 is 0. The number of carbonyl (C=O) groups excluding carboxylic acids is 1. The van der Waals surface area contributed by atoms with Crippen molar-refractivity contribution in [3.8, 4) is 17.2 Å². The number of para-hydroxylation sites is 1. The number of carbonyl (C=O) groups is 1. The third-order valence-corrected chi connectivity index (χ3v) is 6.70. The summed E-state index contributed by atoms with van der Waals surface area (Å²) in [7, 11) is 3.76. The van der Waals surface area contributed by atoms with Crippen LogP contribution in [0.3, 0.4) is 0 Å². The molecule has 3 aromatic rings. The molecule has 166 valence electrons. The van der Waals surface area contributed by atoms with Crippen molar-refractivity contribution in [1.29, 1.82) is 0 Å². The summed E-state index contributed by atoms with van der Waals surface area (Å²) in [5.74, 6) is 2.26. The highest BCUT2D eigenvalue weighted by molar-refractivity contribution is 5.77. The van der Waals surface area contributed by atoms with Gasteiger partial charge in [0.2, 0.25) is 17.7 Å². The van der Waals surface area contributed by atoms with Crippen molar-refractivity contribution in [2.24, 2.45) is 5.41 Å². The number of ether oxygens (including phenoxy) is 1. The van der Waals surface area contributed by atoms with Crippen LogP contribution in [0.4, 0.5) is 0 Å². The molecule has 7 heteroatoms. The lowest BCUT2D eigenvalue weighted by atomic mass is 9.77. The van der Waals surface area contributed by atoms with Gasteiger partial charge < -0.3 is 14.1 Å². The van der Waals surface area contributed by atoms with E-state index < -0.39 is 0 Å². The zero-order chi connectivity index (χ0) is 22.1. The maximum atomic E-state index is 12.8. The van der Waals surface area contributed by atoms with Gasteiger partial charge in [-0.25, -0.2) is 0 Å². The van der Waals surface area contributed by atoms with Crippen molar-refractivity contribution in [2.75, 3.05) is 33.8 Å². The van der Waals surface area contributed by atoms with Crippen molar-refractivity contribution in [3.63, 3.8) is 0 Å². The molecule has 2 fully saturated rings. The minimum Gasteiger partial charge on any atom is -0.496 e. The van der Waals surface area contributed by atoms with E-state index in [0.717, 1.165) is 42.9 Å². The number of hydrogen-bond donors (Lipinski definition) is 0. The summed E-state index contributed by atoms with van der Waals surface area (Å²) in [6.07, 6.45) is 2.12. The van der Waals surface area contributed by atoms with Gasteiger partial charge in [0.25, 0.3) is 0 Å². The Labute approximate surface area is 188 Å². The first-order valence-electron chi connectivity index (χ1n) is 11.1. The third-order valence-electron chi connectivity index (χ3n) is 6.70. The molecular weight excluding hydrogens is 404 g/mol. The lowest BCUT2D eigenvalue weighted by Crippen LogP contribution is -2.59. The molecule has 1 amide bonds. The molecule has 0 aliphatic carbocycles. The van der Waals surface area contributed by atoms with Crippen LogP contribution in [-0.2, 0) is 11.2 Å². The smallest absolute Gasteiger partial charge is 0.247 e. The number of aryl methyl sites for hydroxylation is 1. The van der Waals surface area contributed by atoms with Crippen LogP contribution < -0.4 is 4.74 Å². The van der Waals surface area contributed by atoms with Crippen LogP contribution in [0.2, 0.25) is 0 Å². The van der Waals surface area contributed by atoms with Gasteiger partial charge in [0.05, 0.1) is 13.2 Å². The zero-order valence-electron chi connectivity index (χ0n) is 18.5. The van der Waals surface area contributed by atoms with E-state index in [4.69, 9.17) is 9.15 Å². The van der Waals surface area contributed by atoms with Crippen LogP contribution in [0, 0.1) is 5.41 Å². The molecule has 3 heterocycles. The topological polar surface area (TPSA) is 71.7 Å². The van der Waals surface area contributed by atoms with Crippen molar-refractivity contribution in [3.05, 3.63) is 66.1 Å². The molecule has 1 aromatic heterocycles. The SMILES string of the molecule is COc1ccccc1CCC(=O)N1CC2(CC(c3nnc(-c4ccccc4)o3)N(C)C2)C1. The first-order chi connectivity index (χ1) is 15.6. The maximum Gasteiger partial charge on any atom is 0.247 e. The number of rotatable bonds is 6. The van der Waals surface area contributed by atoms with E-state index >= 15 is 0 Å². The van der Waals surface area contributed by atoms with Gasteiger partial charge in [0.15, 0.2) is 0 Å². The summed E-state index contributed by atoms with van der Waals surface area (Å²) in [5, 5.41) is 8.58. The minimum absolute atomic E-state index is 0.0887. The van der Waals surface area contributed by atoms with Crippen molar-refractivity contribution < 1.29 is 13.9 Å². The molecular formula is C25H28N4O3. The molecule has 0 radical (unpaired) electrons.